The van der Waals surface area contributed by atoms with Crippen LogP contribution in [0.5, 0.6) is 11.5 Å². The fourth-order valence-corrected chi connectivity index (χ4v) is 3.95. The Bertz CT molecular complexity index is 868. The topological polar surface area (TPSA) is 54.0 Å². The van der Waals surface area contributed by atoms with Gasteiger partial charge in [0.25, 0.3) is 0 Å². The number of halogens is 1. The predicted molar refractivity (Wildman–Crippen MR) is 112 cm³/mol. The molecule has 1 unspecified atom stereocenters. The molecule has 29 heavy (non-hydrogen) atoms. The Balaban J connectivity index is 1.24. The highest BCUT2D eigenvalue weighted by Crippen LogP contribution is 2.32. The number of rotatable bonds is 6. The van der Waals surface area contributed by atoms with Gasteiger partial charge >= 0.3 is 0 Å². The van der Waals surface area contributed by atoms with Crippen molar-refractivity contribution in [1.29, 1.82) is 0 Å². The number of nitrogens with one attached hydrogen (secondary N) is 1. The normalized spacial score (nSPS) is 17.9. The first-order valence-electron chi connectivity index (χ1n) is 9.96. The fourth-order valence-electron chi connectivity index (χ4n) is 3.74. The number of nitrogens with zero attached hydrogens (tertiary/aromatic N) is 2. The maximum absolute atomic E-state index is 12.6. The van der Waals surface area contributed by atoms with E-state index in [1.165, 1.54) is 5.56 Å². The molecule has 0 saturated carbocycles. The molecule has 0 aliphatic carbocycles. The van der Waals surface area contributed by atoms with Crippen LogP contribution in [0.25, 0.3) is 0 Å². The molecule has 1 amide bonds. The zero-order valence-corrected chi connectivity index (χ0v) is 17.3. The molecule has 2 aromatic rings. The zero-order valence-electron chi connectivity index (χ0n) is 16.6. The summed E-state index contributed by atoms with van der Waals surface area (Å²) in [5, 5.41) is 3.69. The van der Waals surface area contributed by atoms with Crippen LogP contribution in [0.1, 0.15) is 18.1 Å². The molecule has 154 valence electrons. The minimum absolute atomic E-state index is 0.0362. The largest absolute Gasteiger partial charge is 0.454 e. The van der Waals surface area contributed by atoms with Gasteiger partial charge < -0.3 is 14.8 Å². The molecule has 0 bridgehead atoms. The summed E-state index contributed by atoms with van der Waals surface area (Å²) in [5.74, 6) is 1.68. The fraction of sp³-hybridized carbons (Fsp3) is 0.409. The van der Waals surface area contributed by atoms with Crippen LogP contribution in [0.4, 0.5) is 0 Å². The van der Waals surface area contributed by atoms with Crippen molar-refractivity contribution < 1.29 is 14.3 Å². The average molecular weight is 416 g/mol. The quantitative estimate of drug-likeness (QED) is 0.786. The molecule has 0 radical (unpaired) electrons. The van der Waals surface area contributed by atoms with Crippen LogP contribution in [0, 0.1) is 0 Å². The van der Waals surface area contributed by atoms with E-state index in [1.807, 2.05) is 37.3 Å². The van der Waals surface area contributed by atoms with Gasteiger partial charge in [0.2, 0.25) is 12.7 Å². The lowest BCUT2D eigenvalue weighted by Crippen LogP contribution is -2.53. The van der Waals surface area contributed by atoms with Crippen molar-refractivity contribution in [2.24, 2.45) is 0 Å². The first-order chi connectivity index (χ1) is 14.1. The van der Waals surface area contributed by atoms with Crippen molar-refractivity contribution in [3.63, 3.8) is 0 Å². The Labute approximate surface area is 176 Å². The number of amides is 1. The highest BCUT2D eigenvalue weighted by molar-refractivity contribution is 6.31. The highest BCUT2D eigenvalue weighted by Gasteiger charge is 2.26. The van der Waals surface area contributed by atoms with E-state index in [0.717, 1.165) is 49.8 Å². The van der Waals surface area contributed by atoms with E-state index < -0.39 is 0 Å². The molecule has 1 N–H and O–H groups in total. The maximum Gasteiger partial charge on any atom is 0.237 e. The Morgan fingerprint density at radius 1 is 1.10 bits per heavy atom. The van der Waals surface area contributed by atoms with E-state index in [2.05, 4.69) is 27.2 Å². The molecule has 1 saturated heterocycles. The Kier molecular flexibility index (Phi) is 6.23. The number of hydrogen-bond donors (Lipinski definition) is 1. The smallest absolute Gasteiger partial charge is 0.237 e. The van der Waals surface area contributed by atoms with Crippen LogP contribution in [0.15, 0.2) is 42.5 Å². The number of benzene rings is 2. The molecule has 2 heterocycles. The van der Waals surface area contributed by atoms with Gasteiger partial charge in [-0.1, -0.05) is 35.9 Å². The third-order valence-electron chi connectivity index (χ3n) is 5.59. The number of fused-ring (bicyclic) bond motifs is 1. The summed E-state index contributed by atoms with van der Waals surface area (Å²) in [6, 6.07) is 13.5. The first kappa shape index (κ1) is 20.0. The SMILES string of the molecule is CC(C(=O)NCc1ccccc1Cl)N1CCN(Cc2ccc3c(c2)OCO3)CC1. The molecule has 7 heteroatoms. The van der Waals surface area contributed by atoms with Gasteiger partial charge in [-0.05, 0) is 36.2 Å². The third-order valence-corrected chi connectivity index (χ3v) is 5.96. The van der Waals surface area contributed by atoms with Gasteiger partial charge in [0, 0.05) is 44.3 Å². The molecule has 6 nitrogen and oxygen atoms in total. The summed E-state index contributed by atoms with van der Waals surface area (Å²) in [6.07, 6.45) is 0. The first-order valence-corrected chi connectivity index (χ1v) is 10.3. The summed E-state index contributed by atoms with van der Waals surface area (Å²) in [5.41, 5.74) is 2.15. The summed E-state index contributed by atoms with van der Waals surface area (Å²) in [6.45, 7) is 7.18. The second-order valence-corrected chi connectivity index (χ2v) is 7.89. The number of piperazine rings is 1. The summed E-state index contributed by atoms with van der Waals surface area (Å²) < 4.78 is 10.8. The molecule has 2 aromatic carbocycles. The third kappa shape index (κ3) is 4.83. The summed E-state index contributed by atoms with van der Waals surface area (Å²) >= 11 is 6.17. The van der Waals surface area contributed by atoms with E-state index in [0.29, 0.717) is 18.4 Å². The van der Waals surface area contributed by atoms with E-state index in [1.54, 1.807) is 0 Å². The van der Waals surface area contributed by atoms with Gasteiger partial charge in [0.1, 0.15) is 0 Å². The Morgan fingerprint density at radius 3 is 2.66 bits per heavy atom. The van der Waals surface area contributed by atoms with Gasteiger partial charge in [-0.25, -0.2) is 0 Å². The van der Waals surface area contributed by atoms with Gasteiger partial charge in [-0.3, -0.25) is 14.6 Å². The van der Waals surface area contributed by atoms with E-state index in [9.17, 15) is 4.79 Å². The number of carbonyl (C=O) groups is 1. The lowest BCUT2D eigenvalue weighted by atomic mass is 10.1. The molecule has 1 fully saturated rings. The summed E-state index contributed by atoms with van der Waals surface area (Å²) in [7, 11) is 0. The van der Waals surface area contributed by atoms with E-state index in [-0.39, 0.29) is 11.9 Å². The molecular weight excluding hydrogens is 390 g/mol. The molecule has 2 aliphatic heterocycles. The second-order valence-electron chi connectivity index (χ2n) is 7.48. The number of hydrogen-bond acceptors (Lipinski definition) is 5. The van der Waals surface area contributed by atoms with Crippen molar-refractivity contribution >= 4 is 17.5 Å². The molecule has 2 aliphatic rings. The van der Waals surface area contributed by atoms with Crippen LogP contribution in [-0.2, 0) is 17.9 Å². The molecule has 1 atom stereocenters. The number of ether oxygens (including phenoxy) is 2. The van der Waals surface area contributed by atoms with E-state index in [4.69, 9.17) is 21.1 Å². The van der Waals surface area contributed by atoms with Crippen molar-refractivity contribution in [1.82, 2.24) is 15.1 Å². The minimum atomic E-state index is -0.162. The second kappa shape index (κ2) is 9.03. The summed E-state index contributed by atoms with van der Waals surface area (Å²) in [4.78, 5) is 17.2. The van der Waals surface area contributed by atoms with Gasteiger partial charge in [-0.2, -0.15) is 0 Å². The monoisotopic (exact) mass is 415 g/mol. The van der Waals surface area contributed by atoms with Gasteiger partial charge in [-0.15, -0.1) is 0 Å². The van der Waals surface area contributed by atoms with Crippen LogP contribution < -0.4 is 14.8 Å². The van der Waals surface area contributed by atoms with Crippen molar-refractivity contribution in [2.75, 3.05) is 33.0 Å². The molecule has 0 aromatic heterocycles. The minimum Gasteiger partial charge on any atom is -0.454 e. The lowest BCUT2D eigenvalue weighted by molar-refractivity contribution is -0.126. The zero-order chi connectivity index (χ0) is 20.2. The Morgan fingerprint density at radius 2 is 1.86 bits per heavy atom. The van der Waals surface area contributed by atoms with Crippen LogP contribution in [0.3, 0.4) is 0 Å². The van der Waals surface area contributed by atoms with Crippen molar-refractivity contribution in [2.45, 2.75) is 26.1 Å². The van der Waals surface area contributed by atoms with Crippen molar-refractivity contribution in [3.05, 3.63) is 58.6 Å². The maximum atomic E-state index is 12.6. The van der Waals surface area contributed by atoms with Crippen LogP contribution in [0.2, 0.25) is 5.02 Å². The molecular formula is C22H26ClN3O3. The molecule has 0 spiro atoms. The van der Waals surface area contributed by atoms with Crippen molar-refractivity contribution in [3.8, 4) is 11.5 Å². The average Bonchev–Trinajstić information content (AvgIpc) is 3.21. The highest BCUT2D eigenvalue weighted by atomic mass is 35.5. The van der Waals surface area contributed by atoms with Crippen LogP contribution in [-0.4, -0.2) is 54.7 Å². The Hall–Kier alpha value is -2.28. The molecule has 4 rings (SSSR count). The van der Waals surface area contributed by atoms with Gasteiger partial charge in [0.05, 0.1) is 6.04 Å². The van der Waals surface area contributed by atoms with Crippen LogP contribution >= 0.6 is 11.6 Å². The number of carbonyl (C=O) groups excluding carboxylic acids is 1. The predicted octanol–water partition coefficient (Wildman–Crippen LogP) is 2.89. The van der Waals surface area contributed by atoms with E-state index >= 15 is 0 Å². The van der Waals surface area contributed by atoms with Gasteiger partial charge in [0.15, 0.2) is 11.5 Å². The lowest BCUT2D eigenvalue weighted by Gasteiger charge is -2.37. The standard InChI is InChI=1S/C22H26ClN3O3/c1-16(22(27)24-13-18-4-2-3-5-19(18)23)26-10-8-25(9-11-26)14-17-6-7-20-21(12-17)29-15-28-20/h2-7,12,16H,8-11,13-15H2,1H3,(H,24,27).